The third-order valence-corrected chi connectivity index (χ3v) is 4.90. The van der Waals surface area contributed by atoms with Crippen LogP contribution in [0.1, 0.15) is 25.0 Å². The van der Waals surface area contributed by atoms with Crippen molar-refractivity contribution in [1.82, 2.24) is 9.91 Å². The van der Waals surface area contributed by atoms with E-state index in [4.69, 9.17) is 9.47 Å². The molecule has 0 N–H and O–H groups in total. The van der Waals surface area contributed by atoms with Gasteiger partial charge in [-0.05, 0) is 19.4 Å². The minimum absolute atomic E-state index is 0.141. The molecular formula is C24H27N3O5. The van der Waals surface area contributed by atoms with Gasteiger partial charge in [-0.25, -0.2) is 5.01 Å². The molecule has 1 heterocycles. The summed E-state index contributed by atoms with van der Waals surface area (Å²) in [6.07, 6.45) is 0.338. The largest absolute Gasteiger partial charge is 0.465 e. The summed E-state index contributed by atoms with van der Waals surface area (Å²) in [5.41, 5.74) is 1.64. The van der Waals surface area contributed by atoms with Crippen molar-refractivity contribution in [2.75, 3.05) is 26.3 Å². The Morgan fingerprint density at radius 3 is 2.03 bits per heavy atom. The number of benzene rings is 2. The Balaban J connectivity index is 2.03. The lowest BCUT2D eigenvalue weighted by atomic mass is 10.0. The summed E-state index contributed by atoms with van der Waals surface area (Å²) in [5.74, 6) is -0.968. The smallest absolute Gasteiger partial charge is 0.327 e. The van der Waals surface area contributed by atoms with Crippen LogP contribution in [0.15, 0.2) is 65.8 Å². The molecule has 2 aromatic rings. The van der Waals surface area contributed by atoms with Crippen LogP contribution < -0.4 is 0 Å². The number of hydrogen-bond donors (Lipinski definition) is 0. The molecule has 32 heavy (non-hydrogen) atoms. The molecule has 0 unspecified atom stereocenters. The fourth-order valence-corrected chi connectivity index (χ4v) is 3.49. The summed E-state index contributed by atoms with van der Waals surface area (Å²) in [4.78, 5) is 39.6. The molecule has 2 aromatic carbocycles. The van der Waals surface area contributed by atoms with Crippen molar-refractivity contribution in [3.63, 3.8) is 0 Å². The van der Waals surface area contributed by atoms with Crippen LogP contribution in [0.4, 0.5) is 0 Å². The molecule has 0 bridgehead atoms. The first-order valence-corrected chi connectivity index (χ1v) is 10.6. The maximum Gasteiger partial charge on any atom is 0.327 e. The van der Waals surface area contributed by atoms with Gasteiger partial charge >= 0.3 is 11.9 Å². The highest BCUT2D eigenvalue weighted by Gasteiger charge is 2.39. The third kappa shape index (κ3) is 5.72. The molecule has 0 radical (unpaired) electrons. The van der Waals surface area contributed by atoms with Crippen molar-refractivity contribution in [1.29, 1.82) is 0 Å². The lowest BCUT2D eigenvalue weighted by Gasteiger charge is -2.39. The Morgan fingerprint density at radius 1 is 0.875 bits per heavy atom. The first kappa shape index (κ1) is 23.0. The molecule has 0 aliphatic carbocycles. The van der Waals surface area contributed by atoms with Gasteiger partial charge in [-0.1, -0.05) is 60.7 Å². The summed E-state index contributed by atoms with van der Waals surface area (Å²) in [6.45, 7) is 3.43. The maximum absolute atomic E-state index is 13.4. The van der Waals surface area contributed by atoms with E-state index >= 15 is 0 Å². The Labute approximate surface area is 187 Å². The van der Waals surface area contributed by atoms with Crippen molar-refractivity contribution in [3.05, 3.63) is 71.8 Å². The van der Waals surface area contributed by atoms with Gasteiger partial charge in [0.25, 0.3) is 5.91 Å². The number of nitrogens with zero attached hydrogens (tertiary/aromatic N) is 3. The molecule has 1 aliphatic rings. The van der Waals surface area contributed by atoms with Crippen LogP contribution in [0.25, 0.3) is 0 Å². The summed E-state index contributed by atoms with van der Waals surface area (Å²) in [7, 11) is 0. The summed E-state index contributed by atoms with van der Waals surface area (Å²) >= 11 is 0. The van der Waals surface area contributed by atoms with Crippen molar-refractivity contribution >= 4 is 23.7 Å². The predicted molar refractivity (Wildman–Crippen MR) is 119 cm³/mol. The number of carbonyl (C=O) groups is 3. The highest BCUT2D eigenvalue weighted by Crippen LogP contribution is 2.22. The van der Waals surface area contributed by atoms with Crippen LogP contribution in [0.2, 0.25) is 0 Å². The highest BCUT2D eigenvalue weighted by atomic mass is 16.5. The fraction of sp³-hybridized carbons (Fsp3) is 0.333. The second-order valence-corrected chi connectivity index (χ2v) is 7.13. The molecule has 0 fully saturated rings. The van der Waals surface area contributed by atoms with E-state index in [0.717, 1.165) is 16.1 Å². The molecule has 8 nitrogen and oxygen atoms in total. The number of carbonyl (C=O) groups excluding carboxylic acids is 3. The van der Waals surface area contributed by atoms with E-state index in [-0.39, 0.29) is 32.2 Å². The minimum atomic E-state index is -0.746. The Bertz CT molecular complexity index is 962. The van der Waals surface area contributed by atoms with E-state index in [0.29, 0.717) is 12.3 Å². The summed E-state index contributed by atoms with van der Waals surface area (Å²) < 4.78 is 10.2. The SMILES string of the molecule is CCOC(=O)CN1N=C(c2ccccc2)N(CC(=O)OCC)[C@@H](Cc2ccccc2)C1=O. The van der Waals surface area contributed by atoms with Gasteiger partial charge in [0, 0.05) is 12.0 Å². The van der Waals surface area contributed by atoms with E-state index in [1.807, 2.05) is 60.7 Å². The normalized spacial score (nSPS) is 15.9. The molecular weight excluding hydrogens is 410 g/mol. The van der Waals surface area contributed by atoms with E-state index in [2.05, 4.69) is 5.10 Å². The molecule has 1 aliphatic heterocycles. The lowest BCUT2D eigenvalue weighted by Crippen LogP contribution is -2.58. The van der Waals surface area contributed by atoms with E-state index in [1.54, 1.807) is 18.7 Å². The molecule has 1 atom stereocenters. The number of amidine groups is 1. The number of amides is 1. The Morgan fingerprint density at radius 2 is 1.44 bits per heavy atom. The van der Waals surface area contributed by atoms with Crippen molar-refractivity contribution in [2.45, 2.75) is 26.3 Å². The lowest BCUT2D eigenvalue weighted by molar-refractivity contribution is -0.152. The van der Waals surface area contributed by atoms with Gasteiger partial charge in [-0.2, -0.15) is 5.10 Å². The van der Waals surface area contributed by atoms with E-state index in [1.165, 1.54) is 0 Å². The van der Waals surface area contributed by atoms with Crippen LogP contribution in [0.3, 0.4) is 0 Å². The zero-order chi connectivity index (χ0) is 22.9. The van der Waals surface area contributed by atoms with Gasteiger partial charge in [0.05, 0.1) is 13.2 Å². The van der Waals surface area contributed by atoms with Gasteiger partial charge < -0.3 is 14.4 Å². The number of rotatable bonds is 9. The van der Waals surface area contributed by atoms with Crippen LogP contribution in [-0.4, -0.2) is 65.9 Å². The van der Waals surface area contributed by atoms with Crippen molar-refractivity contribution in [2.24, 2.45) is 5.10 Å². The maximum atomic E-state index is 13.4. The standard InChI is InChI=1S/C24H27N3O5/c1-3-31-21(28)16-26-20(15-18-11-7-5-8-12-18)24(30)27(17-22(29)32-4-2)25-23(26)19-13-9-6-10-14-19/h5-14,20H,3-4,15-17H2,1-2H3/t20-/m0/s1. The van der Waals surface area contributed by atoms with Crippen molar-refractivity contribution in [3.8, 4) is 0 Å². The first-order chi connectivity index (χ1) is 15.5. The zero-order valence-corrected chi connectivity index (χ0v) is 18.3. The predicted octanol–water partition coefficient (Wildman–Crippen LogP) is 2.23. The second kappa shape index (κ2) is 11.1. The number of ether oxygens (including phenoxy) is 2. The second-order valence-electron chi connectivity index (χ2n) is 7.13. The van der Waals surface area contributed by atoms with E-state index in [9.17, 15) is 14.4 Å². The van der Waals surface area contributed by atoms with Crippen LogP contribution in [0.5, 0.6) is 0 Å². The highest BCUT2D eigenvalue weighted by molar-refractivity contribution is 6.05. The van der Waals surface area contributed by atoms with Gasteiger partial charge in [0.15, 0.2) is 5.84 Å². The van der Waals surface area contributed by atoms with Crippen molar-refractivity contribution < 1.29 is 23.9 Å². The minimum Gasteiger partial charge on any atom is -0.465 e. The fourth-order valence-electron chi connectivity index (χ4n) is 3.49. The average Bonchev–Trinajstić information content (AvgIpc) is 2.79. The molecule has 0 saturated carbocycles. The van der Waals surface area contributed by atoms with Gasteiger partial charge in [-0.15, -0.1) is 0 Å². The monoisotopic (exact) mass is 437 g/mol. The van der Waals surface area contributed by atoms with Gasteiger partial charge in [0.1, 0.15) is 19.1 Å². The molecule has 0 aromatic heterocycles. The summed E-state index contributed by atoms with van der Waals surface area (Å²) in [6, 6.07) is 18.0. The molecule has 8 heteroatoms. The number of hydrazone groups is 1. The Kier molecular flexibility index (Phi) is 7.96. The van der Waals surface area contributed by atoms with Crippen LogP contribution >= 0.6 is 0 Å². The van der Waals surface area contributed by atoms with Crippen LogP contribution in [0, 0.1) is 0 Å². The molecule has 0 saturated heterocycles. The average molecular weight is 437 g/mol. The third-order valence-electron chi connectivity index (χ3n) is 4.90. The Hall–Kier alpha value is -3.68. The number of hydrogen-bond acceptors (Lipinski definition) is 7. The van der Waals surface area contributed by atoms with E-state index < -0.39 is 18.0 Å². The summed E-state index contributed by atoms with van der Waals surface area (Å²) in [5, 5.41) is 5.59. The zero-order valence-electron chi connectivity index (χ0n) is 18.3. The van der Waals surface area contributed by atoms with Gasteiger partial charge in [-0.3, -0.25) is 14.4 Å². The molecule has 3 rings (SSSR count). The molecule has 1 amide bonds. The van der Waals surface area contributed by atoms with Crippen LogP contribution in [-0.2, 0) is 30.3 Å². The molecule has 0 spiro atoms. The first-order valence-electron chi connectivity index (χ1n) is 10.6. The number of esters is 2. The topological polar surface area (TPSA) is 88.5 Å². The van der Waals surface area contributed by atoms with Gasteiger partial charge in [0.2, 0.25) is 0 Å². The quantitative estimate of drug-likeness (QED) is 0.559. The molecule has 168 valence electrons.